The molecule has 1 amide bonds. The zero-order chi connectivity index (χ0) is 31.1. The normalized spacial score (nSPS) is 11.0. The Hall–Kier alpha value is -4.97. The Bertz CT molecular complexity index is 1820. The van der Waals surface area contributed by atoms with E-state index in [1.807, 2.05) is 43.3 Å². The summed E-state index contributed by atoms with van der Waals surface area (Å²) in [6.45, 7) is 4.46. The van der Waals surface area contributed by atoms with Crippen LogP contribution in [-0.2, 0) is 6.61 Å². The molecule has 0 aliphatic heterocycles. The molecule has 0 aliphatic carbocycles. The Labute approximate surface area is 268 Å². The molecular formula is C34H29IN4O5. The number of carbonyl (C=O) groups is 1. The summed E-state index contributed by atoms with van der Waals surface area (Å²) in [4.78, 5) is 23.5. The third-order valence-electron chi connectivity index (χ3n) is 6.75. The molecule has 0 bridgehead atoms. The van der Waals surface area contributed by atoms with Crippen molar-refractivity contribution < 1.29 is 19.2 Å². The van der Waals surface area contributed by atoms with Crippen LogP contribution in [0.25, 0.3) is 16.9 Å². The van der Waals surface area contributed by atoms with Crippen LogP contribution < -0.4 is 14.9 Å². The van der Waals surface area contributed by atoms with Crippen molar-refractivity contribution in [3.8, 4) is 28.4 Å². The largest absolute Gasteiger partial charge is 0.490 e. The molecule has 0 unspecified atom stereocenters. The van der Waals surface area contributed by atoms with Crippen LogP contribution in [-0.4, -0.2) is 28.2 Å². The number of hydrogen-bond acceptors (Lipinski definition) is 6. The summed E-state index contributed by atoms with van der Waals surface area (Å²) >= 11 is 2.14. The number of nitro groups is 1. The number of aryl methyl sites for hydroxylation is 1. The highest BCUT2D eigenvalue weighted by atomic mass is 127. The van der Waals surface area contributed by atoms with Gasteiger partial charge in [-0.25, -0.2) is 5.43 Å². The van der Waals surface area contributed by atoms with Crippen molar-refractivity contribution in [2.45, 2.75) is 20.5 Å². The van der Waals surface area contributed by atoms with Gasteiger partial charge in [0.1, 0.15) is 6.61 Å². The van der Waals surface area contributed by atoms with Gasteiger partial charge in [0.25, 0.3) is 11.6 Å². The number of aromatic nitrogens is 1. The second kappa shape index (κ2) is 14.0. The first kappa shape index (κ1) is 30.5. The third-order valence-corrected chi connectivity index (χ3v) is 7.55. The minimum atomic E-state index is -0.437. The SMILES string of the molecule is CCOc1cc(/C=N/NC(=O)c2ccc(-n3c(C)ccc3-c3ccccc3)cc2)cc(I)c1OCc1cccc([N+](=O)[O-])c1. The predicted octanol–water partition coefficient (Wildman–Crippen LogP) is 7.71. The van der Waals surface area contributed by atoms with Crippen molar-refractivity contribution >= 4 is 40.4 Å². The molecular weight excluding hydrogens is 671 g/mol. The molecule has 0 saturated carbocycles. The van der Waals surface area contributed by atoms with Crippen molar-refractivity contribution in [3.05, 3.63) is 139 Å². The minimum absolute atomic E-state index is 0.00331. The molecule has 0 aliphatic rings. The topological polar surface area (TPSA) is 108 Å². The van der Waals surface area contributed by atoms with Gasteiger partial charge in [0.05, 0.1) is 27.0 Å². The second-order valence-electron chi connectivity index (χ2n) is 9.79. The van der Waals surface area contributed by atoms with Crippen molar-refractivity contribution in [1.82, 2.24) is 9.99 Å². The molecule has 1 heterocycles. The molecule has 0 radical (unpaired) electrons. The van der Waals surface area contributed by atoms with Gasteiger partial charge < -0.3 is 14.0 Å². The van der Waals surface area contributed by atoms with Crippen LogP contribution in [0.2, 0.25) is 0 Å². The summed E-state index contributed by atoms with van der Waals surface area (Å²) in [6, 6.07) is 31.6. The fraction of sp³-hybridized carbons (Fsp3) is 0.118. The zero-order valence-electron chi connectivity index (χ0n) is 24.1. The number of carbonyl (C=O) groups excluding carboxylic acids is 1. The lowest BCUT2D eigenvalue weighted by Gasteiger charge is -2.14. The lowest BCUT2D eigenvalue weighted by Crippen LogP contribution is -2.17. The molecule has 0 saturated heterocycles. The highest BCUT2D eigenvalue weighted by Gasteiger charge is 2.14. The van der Waals surface area contributed by atoms with Crippen molar-refractivity contribution in [2.75, 3.05) is 6.61 Å². The number of rotatable bonds is 11. The fourth-order valence-electron chi connectivity index (χ4n) is 4.69. The fourth-order valence-corrected chi connectivity index (χ4v) is 5.47. The molecule has 0 atom stereocenters. The van der Waals surface area contributed by atoms with Crippen LogP contribution >= 0.6 is 22.6 Å². The van der Waals surface area contributed by atoms with Gasteiger partial charge in [-0.1, -0.05) is 42.5 Å². The lowest BCUT2D eigenvalue weighted by molar-refractivity contribution is -0.384. The van der Waals surface area contributed by atoms with Gasteiger partial charge in [-0.3, -0.25) is 14.9 Å². The van der Waals surface area contributed by atoms with E-state index in [1.54, 1.807) is 30.3 Å². The van der Waals surface area contributed by atoms with Crippen molar-refractivity contribution in [2.24, 2.45) is 5.10 Å². The van der Waals surface area contributed by atoms with Gasteiger partial charge in [0, 0.05) is 29.1 Å². The van der Waals surface area contributed by atoms with Crippen LogP contribution in [0.4, 0.5) is 5.69 Å². The number of amides is 1. The van der Waals surface area contributed by atoms with E-state index < -0.39 is 4.92 Å². The highest BCUT2D eigenvalue weighted by Crippen LogP contribution is 2.35. The summed E-state index contributed by atoms with van der Waals surface area (Å²) in [5.41, 5.74) is 8.67. The summed E-state index contributed by atoms with van der Waals surface area (Å²) in [5, 5.41) is 15.3. The predicted molar refractivity (Wildman–Crippen MR) is 179 cm³/mol. The van der Waals surface area contributed by atoms with Crippen LogP contribution in [0, 0.1) is 20.6 Å². The Balaban J connectivity index is 1.26. The number of nitrogens with zero attached hydrogens (tertiary/aromatic N) is 3. The number of hydrogen-bond donors (Lipinski definition) is 1. The number of ether oxygens (including phenoxy) is 2. The van der Waals surface area contributed by atoms with Gasteiger partial charge in [-0.15, -0.1) is 0 Å². The molecule has 5 aromatic rings. The molecule has 222 valence electrons. The molecule has 1 N–H and O–H groups in total. The number of non-ortho nitro benzene ring substituents is 1. The Morgan fingerprint density at radius 1 is 0.977 bits per heavy atom. The highest BCUT2D eigenvalue weighted by molar-refractivity contribution is 14.1. The van der Waals surface area contributed by atoms with E-state index in [-0.39, 0.29) is 18.2 Å². The Morgan fingerprint density at radius 3 is 2.48 bits per heavy atom. The van der Waals surface area contributed by atoms with E-state index in [2.05, 4.69) is 68.9 Å². The van der Waals surface area contributed by atoms with E-state index in [1.165, 1.54) is 18.3 Å². The van der Waals surface area contributed by atoms with Crippen molar-refractivity contribution in [3.63, 3.8) is 0 Å². The second-order valence-corrected chi connectivity index (χ2v) is 10.9. The standard InChI is InChI=1S/C34H29IN4O5/c1-3-43-32-20-25(19-30(35)33(32)44-22-24-8-7-11-29(18-24)39(41)42)21-36-37-34(40)27-13-15-28(16-14-27)38-23(2)12-17-31(38)26-9-5-4-6-10-26/h4-21H,3,22H2,1-2H3,(H,37,40)/b36-21+. The van der Waals surface area contributed by atoms with Crippen LogP contribution in [0.5, 0.6) is 11.5 Å². The van der Waals surface area contributed by atoms with Gasteiger partial charge in [-0.05, 0) is 102 Å². The monoisotopic (exact) mass is 700 g/mol. The summed E-state index contributed by atoms with van der Waals surface area (Å²) < 4.78 is 14.7. The van der Waals surface area contributed by atoms with Crippen LogP contribution in [0.1, 0.15) is 34.1 Å². The molecule has 4 aromatic carbocycles. The van der Waals surface area contributed by atoms with E-state index >= 15 is 0 Å². The maximum absolute atomic E-state index is 12.8. The number of benzene rings is 4. The number of nitro benzene ring substituents is 1. The Morgan fingerprint density at radius 2 is 1.75 bits per heavy atom. The summed E-state index contributed by atoms with van der Waals surface area (Å²) in [5.74, 6) is 0.689. The Kier molecular flexibility index (Phi) is 9.70. The zero-order valence-corrected chi connectivity index (χ0v) is 26.2. The van der Waals surface area contributed by atoms with Gasteiger partial charge >= 0.3 is 0 Å². The molecule has 5 rings (SSSR count). The van der Waals surface area contributed by atoms with Gasteiger partial charge in [-0.2, -0.15) is 5.10 Å². The maximum Gasteiger partial charge on any atom is 0.271 e. The molecule has 10 heteroatoms. The van der Waals surface area contributed by atoms with Crippen LogP contribution in [0.3, 0.4) is 0 Å². The lowest BCUT2D eigenvalue weighted by atomic mass is 10.1. The van der Waals surface area contributed by atoms with E-state index in [9.17, 15) is 14.9 Å². The average Bonchev–Trinajstić information content (AvgIpc) is 3.42. The van der Waals surface area contributed by atoms with E-state index in [4.69, 9.17) is 9.47 Å². The summed E-state index contributed by atoms with van der Waals surface area (Å²) in [7, 11) is 0. The summed E-state index contributed by atoms with van der Waals surface area (Å²) in [6.07, 6.45) is 1.54. The maximum atomic E-state index is 12.8. The number of halogens is 1. The molecule has 1 aromatic heterocycles. The third kappa shape index (κ3) is 7.14. The molecule has 44 heavy (non-hydrogen) atoms. The van der Waals surface area contributed by atoms with Gasteiger partial charge in [0.15, 0.2) is 11.5 Å². The molecule has 9 nitrogen and oxygen atoms in total. The number of nitrogens with one attached hydrogen (secondary N) is 1. The van der Waals surface area contributed by atoms with Crippen LogP contribution in [0.15, 0.2) is 108 Å². The smallest absolute Gasteiger partial charge is 0.271 e. The van der Waals surface area contributed by atoms with E-state index in [0.717, 1.165) is 26.2 Å². The quantitative estimate of drug-likeness (QED) is 0.0658. The number of hydrazone groups is 1. The van der Waals surface area contributed by atoms with Crippen molar-refractivity contribution in [1.29, 1.82) is 0 Å². The van der Waals surface area contributed by atoms with E-state index in [0.29, 0.717) is 34.8 Å². The first-order valence-corrected chi connectivity index (χ1v) is 14.9. The first-order valence-electron chi connectivity index (χ1n) is 13.8. The average molecular weight is 701 g/mol. The minimum Gasteiger partial charge on any atom is -0.490 e. The molecule has 0 fully saturated rings. The van der Waals surface area contributed by atoms with Gasteiger partial charge in [0.2, 0.25) is 0 Å². The molecule has 0 spiro atoms. The first-order chi connectivity index (χ1) is 21.3.